The molecule has 0 aromatic rings. The maximum absolute atomic E-state index is 12.0. The Morgan fingerprint density at radius 3 is 2.81 bits per heavy atom. The molecule has 1 aliphatic carbocycles. The van der Waals surface area contributed by atoms with Crippen molar-refractivity contribution in [3.63, 3.8) is 0 Å². The van der Waals surface area contributed by atoms with Crippen molar-refractivity contribution in [1.29, 1.82) is 0 Å². The summed E-state index contributed by atoms with van der Waals surface area (Å²) in [6, 6.07) is 0. The Bertz CT molecular complexity index is 282. The number of carbonyl (C=O) groups excluding carboxylic acids is 1. The average molecular weight is 224 g/mol. The number of hydrogen-bond acceptors (Lipinski definition) is 2. The van der Waals surface area contributed by atoms with Gasteiger partial charge >= 0.3 is 0 Å². The first-order valence-corrected chi connectivity index (χ1v) is 6.14. The van der Waals surface area contributed by atoms with Crippen LogP contribution in [-0.2, 0) is 4.79 Å². The second kappa shape index (κ2) is 5.48. The van der Waals surface area contributed by atoms with E-state index in [9.17, 15) is 4.79 Å². The molecule has 1 amide bonds. The van der Waals surface area contributed by atoms with E-state index in [-0.39, 0.29) is 5.91 Å². The van der Waals surface area contributed by atoms with Gasteiger partial charge in [0.2, 0.25) is 5.91 Å². The number of nitrogens with two attached hydrogens (primary N) is 1. The van der Waals surface area contributed by atoms with Crippen molar-refractivity contribution in [3.05, 3.63) is 11.6 Å². The Morgan fingerprint density at radius 2 is 2.25 bits per heavy atom. The van der Waals surface area contributed by atoms with Gasteiger partial charge in [0.1, 0.15) is 0 Å². The maximum Gasteiger partial charge on any atom is 0.240 e. The van der Waals surface area contributed by atoms with Crippen LogP contribution in [0, 0.1) is 5.92 Å². The Balaban J connectivity index is 2.48. The summed E-state index contributed by atoms with van der Waals surface area (Å²) in [5.41, 5.74) is 6.76. The fourth-order valence-electron chi connectivity index (χ4n) is 2.32. The molecule has 3 heteroatoms. The summed E-state index contributed by atoms with van der Waals surface area (Å²) in [7, 11) is 0. The van der Waals surface area contributed by atoms with Crippen LogP contribution in [0.5, 0.6) is 0 Å². The first kappa shape index (κ1) is 13.2. The SMILES string of the molecule is CC(C)=CCNC(=O)C1(N)CCCC(C)C1. The second-order valence-electron chi connectivity index (χ2n) is 5.35. The van der Waals surface area contributed by atoms with Crippen molar-refractivity contribution in [2.24, 2.45) is 11.7 Å². The van der Waals surface area contributed by atoms with E-state index in [1.807, 2.05) is 19.9 Å². The second-order valence-corrected chi connectivity index (χ2v) is 5.35. The fraction of sp³-hybridized carbons (Fsp3) is 0.769. The van der Waals surface area contributed by atoms with Crippen LogP contribution < -0.4 is 11.1 Å². The molecule has 3 nitrogen and oxygen atoms in total. The number of amides is 1. The van der Waals surface area contributed by atoms with E-state index >= 15 is 0 Å². The van der Waals surface area contributed by atoms with Crippen LogP contribution in [0.4, 0.5) is 0 Å². The Morgan fingerprint density at radius 1 is 1.56 bits per heavy atom. The van der Waals surface area contributed by atoms with Gasteiger partial charge in [0.15, 0.2) is 0 Å². The highest BCUT2D eigenvalue weighted by Gasteiger charge is 2.37. The molecule has 1 aliphatic rings. The lowest BCUT2D eigenvalue weighted by Crippen LogP contribution is -2.56. The Kier molecular flexibility index (Phi) is 4.54. The molecular formula is C13H24N2O. The third-order valence-corrected chi connectivity index (χ3v) is 3.26. The molecule has 0 aromatic heterocycles. The van der Waals surface area contributed by atoms with Gasteiger partial charge in [-0.3, -0.25) is 4.79 Å². The standard InChI is InChI=1S/C13H24N2O/c1-10(2)6-8-15-12(16)13(14)7-4-5-11(3)9-13/h6,11H,4-5,7-9,14H2,1-3H3,(H,15,16). The zero-order chi connectivity index (χ0) is 12.2. The molecule has 0 radical (unpaired) electrons. The zero-order valence-electron chi connectivity index (χ0n) is 10.7. The van der Waals surface area contributed by atoms with Gasteiger partial charge < -0.3 is 11.1 Å². The molecule has 0 heterocycles. The van der Waals surface area contributed by atoms with Crippen molar-refractivity contribution in [2.75, 3.05) is 6.54 Å². The third-order valence-electron chi connectivity index (χ3n) is 3.26. The van der Waals surface area contributed by atoms with Gasteiger partial charge in [-0.1, -0.05) is 31.4 Å². The number of rotatable bonds is 3. The van der Waals surface area contributed by atoms with E-state index in [4.69, 9.17) is 5.73 Å². The smallest absolute Gasteiger partial charge is 0.240 e. The minimum Gasteiger partial charge on any atom is -0.351 e. The predicted octanol–water partition coefficient (Wildman–Crippen LogP) is 1.98. The molecule has 92 valence electrons. The Labute approximate surface area is 98.5 Å². The van der Waals surface area contributed by atoms with Crippen LogP contribution in [0.15, 0.2) is 11.6 Å². The molecule has 2 atom stereocenters. The molecule has 1 fully saturated rings. The number of allylic oxidation sites excluding steroid dienone is 1. The molecule has 0 aromatic carbocycles. The van der Waals surface area contributed by atoms with E-state index in [1.54, 1.807) is 0 Å². The van der Waals surface area contributed by atoms with E-state index in [2.05, 4.69) is 12.2 Å². The topological polar surface area (TPSA) is 55.1 Å². The summed E-state index contributed by atoms with van der Waals surface area (Å²) in [5, 5.41) is 2.90. The first-order chi connectivity index (χ1) is 7.44. The number of hydrogen-bond donors (Lipinski definition) is 2. The van der Waals surface area contributed by atoms with Crippen molar-refractivity contribution in [1.82, 2.24) is 5.32 Å². The summed E-state index contributed by atoms with van der Waals surface area (Å²) in [6.07, 6.45) is 5.90. The van der Waals surface area contributed by atoms with Gasteiger partial charge in [-0.05, 0) is 32.6 Å². The van der Waals surface area contributed by atoms with Gasteiger partial charge in [-0.25, -0.2) is 0 Å². The molecule has 0 aliphatic heterocycles. The molecule has 1 saturated carbocycles. The molecule has 3 N–H and O–H groups in total. The van der Waals surface area contributed by atoms with Gasteiger partial charge in [0, 0.05) is 6.54 Å². The summed E-state index contributed by atoms with van der Waals surface area (Å²) in [4.78, 5) is 12.0. The summed E-state index contributed by atoms with van der Waals surface area (Å²) in [5.74, 6) is 0.574. The minimum absolute atomic E-state index is 0.0107. The summed E-state index contributed by atoms with van der Waals surface area (Å²) >= 11 is 0. The van der Waals surface area contributed by atoms with Crippen LogP contribution in [0.2, 0.25) is 0 Å². The number of carbonyl (C=O) groups is 1. The van der Waals surface area contributed by atoms with Gasteiger partial charge in [0.05, 0.1) is 5.54 Å². The van der Waals surface area contributed by atoms with E-state index in [0.29, 0.717) is 12.5 Å². The third kappa shape index (κ3) is 3.63. The highest BCUT2D eigenvalue weighted by atomic mass is 16.2. The van der Waals surface area contributed by atoms with Gasteiger partial charge in [-0.15, -0.1) is 0 Å². The van der Waals surface area contributed by atoms with Crippen molar-refractivity contribution in [2.45, 2.75) is 52.0 Å². The van der Waals surface area contributed by atoms with Crippen LogP contribution in [-0.4, -0.2) is 18.0 Å². The Hall–Kier alpha value is -0.830. The minimum atomic E-state index is -0.632. The number of nitrogens with one attached hydrogen (secondary N) is 1. The van der Waals surface area contributed by atoms with Crippen LogP contribution in [0.3, 0.4) is 0 Å². The quantitative estimate of drug-likeness (QED) is 0.720. The molecule has 2 unspecified atom stereocenters. The fourth-order valence-corrected chi connectivity index (χ4v) is 2.32. The normalized spacial score (nSPS) is 29.6. The van der Waals surface area contributed by atoms with Crippen LogP contribution >= 0.6 is 0 Å². The lowest BCUT2D eigenvalue weighted by molar-refractivity contribution is -0.127. The van der Waals surface area contributed by atoms with E-state index in [0.717, 1.165) is 19.3 Å². The lowest BCUT2D eigenvalue weighted by atomic mass is 9.76. The van der Waals surface area contributed by atoms with Crippen molar-refractivity contribution >= 4 is 5.91 Å². The predicted molar refractivity (Wildman–Crippen MR) is 67.0 cm³/mol. The summed E-state index contributed by atoms with van der Waals surface area (Å²) in [6.45, 7) is 6.80. The molecule has 0 bridgehead atoms. The zero-order valence-corrected chi connectivity index (χ0v) is 10.7. The molecule has 16 heavy (non-hydrogen) atoms. The molecule has 0 spiro atoms. The van der Waals surface area contributed by atoms with Crippen LogP contribution in [0.25, 0.3) is 0 Å². The summed E-state index contributed by atoms with van der Waals surface area (Å²) < 4.78 is 0. The molecule has 0 saturated heterocycles. The monoisotopic (exact) mass is 224 g/mol. The first-order valence-electron chi connectivity index (χ1n) is 6.14. The maximum atomic E-state index is 12.0. The molecular weight excluding hydrogens is 200 g/mol. The highest BCUT2D eigenvalue weighted by molar-refractivity contribution is 5.86. The van der Waals surface area contributed by atoms with Gasteiger partial charge in [0.25, 0.3) is 0 Å². The highest BCUT2D eigenvalue weighted by Crippen LogP contribution is 2.30. The van der Waals surface area contributed by atoms with Crippen molar-refractivity contribution < 1.29 is 4.79 Å². The largest absolute Gasteiger partial charge is 0.351 e. The van der Waals surface area contributed by atoms with Crippen molar-refractivity contribution in [3.8, 4) is 0 Å². The lowest BCUT2D eigenvalue weighted by Gasteiger charge is -2.35. The van der Waals surface area contributed by atoms with E-state index in [1.165, 1.54) is 12.0 Å². The molecule has 1 rings (SSSR count). The van der Waals surface area contributed by atoms with Crippen LogP contribution in [0.1, 0.15) is 46.5 Å². The average Bonchev–Trinajstić information content (AvgIpc) is 2.16. The van der Waals surface area contributed by atoms with Gasteiger partial charge in [-0.2, -0.15) is 0 Å². The van der Waals surface area contributed by atoms with E-state index < -0.39 is 5.54 Å².